The molecule has 0 bridgehead atoms. The summed E-state index contributed by atoms with van der Waals surface area (Å²) in [6.07, 6.45) is 5.34. The number of nitrogens with one attached hydrogen (secondary N) is 1. The van der Waals surface area contributed by atoms with E-state index in [9.17, 15) is 4.79 Å². The van der Waals surface area contributed by atoms with Crippen molar-refractivity contribution in [3.8, 4) is 0 Å². The number of para-hydroxylation sites is 1. The predicted molar refractivity (Wildman–Crippen MR) is 91.3 cm³/mol. The van der Waals surface area contributed by atoms with Gasteiger partial charge in [0.2, 0.25) is 5.91 Å². The molecule has 1 aliphatic carbocycles. The van der Waals surface area contributed by atoms with Crippen LogP contribution in [-0.2, 0) is 24.1 Å². The van der Waals surface area contributed by atoms with Gasteiger partial charge in [0.05, 0.1) is 6.42 Å². The number of rotatable bonds is 3. The van der Waals surface area contributed by atoms with Crippen LogP contribution in [0.1, 0.15) is 40.7 Å². The Hall–Kier alpha value is -2.09. The molecule has 0 heterocycles. The molecule has 22 heavy (non-hydrogen) atoms. The minimum Gasteiger partial charge on any atom is -0.325 e. The zero-order valence-electron chi connectivity index (χ0n) is 13.4. The maximum absolute atomic E-state index is 12.3. The van der Waals surface area contributed by atoms with E-state index in [0.717, 1.165) is 28.8 Å². The molecule has 2 heteroatoms. The molecule has 0 aliphatic heterocycles. The maximum Gasteiger partial charge on any atom is 0.228 e. The summed E-state index contributed by atoms with van der Waals surface area (Å²) in [5.41, 5.74) is 7.18. The number of hydrogen-bond donors (Lipinski definition) is 1. The second-order valence-corrected chi connectivity index (χ2v) is 6.30. The van der Waals surface area contributed by atoms with Gasteiger partial charge in [-0.1, -0.05) is 36.4 Å². The number of anilines is 1. The summed E-state index contributed by atoms with van der Waals surface area (Å²) < 4.78 is 0. The fourth-order valence-electron chi connectivity index (χ4n) is 3.28. The zero-order valence-corrected chi connectivity index (χ0v) is 13.4. The Labute approximate surface area is 132 Å². The summed E-state index contributed by atoms with van der Waals surface area (Å²) in [7, 11) is 0. The largest absolute Gasteiger partial charge is 0.325 e. The van der Waals surface area contributed by atoms with Crippen molar-refractivity contribution >= 4 is 11.6 Å². The number of carbonyl (C=O) groups is 1. The van der Waals surface area contributed by atoms with Crippen molar-refractivity contribution < 1.29 is 4.79 Å². The van der Waals surface area contributed by atoms with Crippen molar-refractivity contribution in [3.63, 3.8) is 0 Å². The topological polar surface area (TPSA) is 29.1 Å². The number of carbonyl (C=O) groups excluding carboxylic acids is 1. The summed E-state index contributed by atoms with van der Waals surface area (Å²) in [6.45, 7) is 4.06. The minimum atomic E-state index is 0.0631. The maximum atomic E-state index is 12.3. The number of fused-ring (bicyclic) bond motifs is 1. The molecule has 0 radical (unpaired) electrons. The van der Waals surface area contributed by atoms with Crippen LogP contribution in [0.2, 0.25) is 0 Å². The van der Waals surface area contributed by atoms with Crippen LogP contribution in [0.15, 0.2) is 36.4 Å². The summed E-state index contributed by atoms with van der Waals surface area (Å²) in [5, 5.41) is 3.07. The Morgan fingerprint density at radius 3 is 2.41 bits per heavy atom. The number of amides is 1. The van der Waals surface area contributed by atoms with Crippen LogP contribution in [0, 0.1) is 13.8 Å². The fraction of sp³-hybridized carbons (Fsp3) is 0.350. The molecule has 0 saturated carbocycles. The monoisotopic (exact) mass is 293 g/mol. The third-order valence-electron chi connectivity index (χ3n) is 4.52. The van der Waals surface area contributed by atoms with Gasteiger partial charge in [-0.25, -0.2) is 0 Å². The van der Waals surface area contributed by atoms with Crippen molar-refractivity contribution in [2.45, 2.75) is 46.0 Å². The van der Waals surface area contributed by atoms with E-state index in [0.29, 0.717) is 6.42 Å². The predicted octanol–water partition coefficient (Wildman–Crippen LogP) is 4.36. The van der Waals surface area contributed by atoms with E-state index in [-0.39, 0.29) is 5.91 Å². The van der Waals surface area contributed by atoms with E-state index in [1.54, 1.807) is 0 Å². The van der Waals surface area contributed by atoms with E-state index in [2.05, 4.69) is 23.5 Å². The molecular formula is C20H23NO. The van der Waals surface area contributed by atoms with Crippen LogP contribution in [0.3, 0.4) is 0 Å². The Bertz CT molecular complexity index is 683. The van der Waals surface area contributed by atoms with Gasteiger partial charge in [-0.15, -0.1) is 0 Å². The molecule has 0 atom stereocenters. The zero-order chi connectivity index (χ0) is 15.5. The molecule has 1 N–H and O–H groups in total. The Morgan fingerprint density at radius 1 is 1.00 bits per heavy atom. The molecule has 3 rings (SSSR count). The minimum absolute atomic E-state index is 0.0631. The normalized spacial score (nSPS) is 13.5. The highest BCUT2D eigenvalue weighted by Crippen LogP contribution is 2.23. The van der Waals surface area contributed by atoms with Gasteiger partial charge < -0.3 is 5.32 Å². The molecule has 2 aromatic rings. The first-order valence-corrected chi connectivity index (χ1v) is 8.10. The average Bonchev–Trinajstić information content (AvgIpc) is 2.51. The molecule has 114 valence electrons. The first-order chi connectivity index (χ1) is 10.6. The van der Waals surface area contributed by atoms with Gasteiger partial charge in [-0.3, -0.25) is 4.79 Å². The molecule has 0 aromatic heterocycles. The second kappa shape index (κ2) is 6.35. The van der Waals surface area contributed by atoms with Crippen molar-refractivity contribution in [1.29, 1.82) is 0 Å². The quantitative estimate of drug-likeness (QED) is 0.895. The van der Waals surface area contributed by atoms with Gasteiger partial charge in [0.15, 0.2) is 0 Å². The van der Waals surface area contributed by atoms with E-state index in [4.69, 9.17) is 0 Å². The van der Waals surface area contributed by atoms with Crippen molar-refractivity contribution in [2.75, 3.05) is 5.32 Å². The highest BCUT2D eigenvalue weighted by atomic mass is 16.1. The summed E-state index contributed by atoms with van der Waals surface area (Å²) in [6, 6.07) is 12.6. The third-order valence-corrected chi connectivity index (χ3v) is 4.52. The van der Waals surface area contributed by atoms with Crippen LogP contribution in [0.5, 0.6) is 0 Å². The lowest BCUT2D eigenvalue weighted by molar-refractivity contribution is -0.115. The SMILES string of the molecule is Cc1cccc(C)c1NC(=O)Cc1ccc2c(c1)CCCC2. The van der Waals surface area contributed by atoms with Crippen molar-refractivity contribution in [2.24, 2.45) is 0 Å². The Kier molecular flexibility index (Phi) is 4.28. The van der Waals surface area contributed by atoms with Gasteiger partial charge in [0.25, 0.3) is 0 Å². The third kappa shape index (κ3) is 3.22. The van der Waals surface area contributed by atoms with Gasteiger partial charge >= 0.3 is 0 Å². The lowest BCUT2D eigenvalue weighted by Gasteiger charge is -2.17. The fourth-order valence-corrected chi connectivity index (χ4v) is 3.28. The Morgan fingerprint density at radius 2 is 1.68 bits per heavy atom. The first kappa shape index (κ1) is 14.8. The Balaban J connectivity index is 1.72. The van der Waals surface area contributed by atoms with Gasteiger partial charge in [0.1, 0.15) is 0 Å². The second-order valence-electron chi connectivity index (χ2n) is 6.30. The van der Waals surface area contributed by atoms with Crippen LogP contribution in [-0.4, -0.2) is 5.91 Å². The van der Waals surface area contributed by atoms with Crippen LogP contribution in [0.25, 0.3) is 0 Å². The van der Waals surface area contributed by atoms with E-state index < -0.39 is 0 Å². The first-order valence-electron chi connectivity index (χ1n) is 8.10. The molecule has 1 amide bonds. The molecule has 2 aromatic carbocycles. The van der Waals surface area contributed by atoms with Gasteiger partial charge in [-0.05, 0) is 67.3 Å². The standard InChI is InChI=1S/C20H23NO/c1-14-6-5-7-15(2)20(14)21-19(22)13-16-10-11-17-8-3-4-9-18(17)12-16/h5-7,10-12H,3-4,8-9,13H2,1-2H3,(H,21,22). The molecule has 0 fully saturated rings. The van der Waals surface area contributed by atoms with Crippen molar-refractivity contribution in [3.05, 3.63) is 64.2 Å². The molecule has 0 spiro atoms. The molecular weight excluding hydrogens is 270 g/mol. The number of hydrogen-bond acceptors (Lipinski definition) is 1. The van der Waals surface area contributed by atoms with E-state index in [1.165, 1.54) is 30.4 Å². The summed E-state index contributed by atoms with van der Waals surface area (Å²) in [4.78, 5) is 12.3. The number of aryl methyl sites for hydroxylation is 4. The van der Waals surface area contributed by atoms with Crippen LogP contribution >= 0.6 is 0 Å². The average molecular weight is 293 g/mol. The number of benzene rings is 2. The highest BCUT2D eigenvalue weighted by molar-refractivity contribution is 5.93. The summed E-state index contributed by atoms with van der Waals surface area (Å²) >= 11 is 0. The highest BCUT2D eigenvalue weighted by Gasteiger charge is 2.12. The molecule has 2 nitrogen and oxygen atoms in total. The lowest BCUT2D eigenvalue weighted by Crippen LogP contribution is -2.16. The molecule has 1 aliphatic rings. The van der Waals surface area contributed by atoms with Gasteiger partial charge in [0, 0.05) is 5.69 Å². The molecule has 0 saturated heterocycles. The lowest BCUT2D eigenvalue weighted by atomic mass is 9.90. The van der Waals surface area contributed by atoms with Crippen LogP contribution < -0.4 is 5.32 Å². The van der Waals surface area contributed by atoms with E-state index in [1.807, 2.05) is 32.0 Å². The van der Waals surface area contributed by atoms with Crippen LogP contribution in [0.4, 0.5) is 5.69 Å². The molecule has 0 unspecified atom stereocenters. The van der Waals surface area contributed by atoms with Gasteiger partial charge in [-0.2, -0.15) is 0 Å². The smallest absolute Gasteiger partial charge is 0.228 e. The van der Waals surface area contributed by atoms with E-state index >= 15 is 0 Å². The summed E-state index contributed by atoms with van der Waals surface area (Å²) in [5.74, 6) is 0.0631. The van der Waals surface area contributed by atoms with Crippen molar-refractivity contribution in [1.82, 2.24) is 0 Å².